The van der Waals surface area contributed by atoms with E-state index in [4.69, 9.17) is 15.2 Å². The third kappa shape index (κ3) is 3.48. The second-order valence-corrected chi connectivity index (χ2v) is 6.11. The molecule has 0 radical (unpaired) electrons. The summed E-state index contributed by atoms with van der Waals surface area (Å²) >= 11 is 0. The average molecular weight is 270 g/mol. The molecule has 0 spiro atoms. The number of ether oxygens (including phenoxy) is 2. The minimum atomic E-state index is 0.148. The molecule has 2 saturated heterocycles. The number of likely N-dealkylation sites (tertiary alicyclic amines) is 1. The molecule has 2 aliphatic rings. The first-order valence-electron chi connectivity index (χ1n) is 7.83. The van der Waals surface area contributed by atoms with E-state index in [1.165, 1.54) is 19.3 Å². The monoisotopic (exact) mass is 270 g/mol. The van der Waals surface area contributed by atoms with Gasteiger partial charge in [0.05, 0.1) is 12.2 Å². The lowest BCUT2D eigenvalue weighted by atomic mass is 9.82. The van der Waals surface area contributed by atoms with Gasteiger partial charge in [-0.2, -0.15) is 0 Å². The lowest BCUT2D eigenvalue weighted by molar-refractivity contribution is -0.0954. The van der Waals surface area contributed by atoms with Gasteiger partial charge in [-0.1, -0.05) is 13.3 Å². The average Bonchev–Trinajstić information content (AvgIpc) is 2.48. The first-order chi connectivity index (χ1) is 9.24. The maximum absolute atomic E-state index is 6.18. The van der Waals surface area contributed by atoms with Gasteiger partial charge in [-0.05, 0) is 38.6 Å². The van der Waals surface area contributed by atoms with E-state index in [1.807, 2.05) is 7.11 Å². The SMILES string of the molecule is CCCC1CC(CN)(N2CCCC(OC)C2)CCO1. The smallest absolute Gasteiger partial charge is 0.0698 e. The molecule has 4 nitrogen and oxygen atoms in total. The van der Waals surface area contributed by atoms with E-state index in [1.54, 1.807) is 0 Å². The van der Waals surface area contributed by atoms with Crippen molar-refractivity contribution < 1.29 is 9.47 Å². The van der Waals surface area contributed by atoms with E-state index >= 15 is 0 Å². The number of piperidine rings is 1. The van der Waals surface area contributed by atoms with Gasteiger partial charge in [0.1, 0.15) is 0 Å². The van der Waals surface area contributed by atoms with Crippen molar-refractivity contribution in [1.29, 1.82) is 0 Å². The Kier molecular flexibility index (Phi) is 5.63. The van der Waals surface area contributed by atoms with Crippen molar-refractivity contribution in [3.63, 3.8) is 0 Å². The van der Waals surface area contributed by atoms with E-state index in [-0.39, 0.29) is 5.54 Å². The first-order valence-corrected chi connectivity index (χ1v) is 7.83. The fraction of sp³-hybridized carbons (Fsp3) is 1.00. The highest BCUT2D eigenvalue weighted by atomic mass is 16.5. The van der Waals surface area contributed by atoms with Crippen LogP contribution in [0.15, 0.2) is 0 Å². The second kappa shape index (κ2) is 7.02. The van der Waals surface area contributed by atoms with Crippen LogP contribution in [0.5, 0.6) is 0 Å². The van der Waals surface area contributed by atoms with E-state index < -0.39 is 0 Å². The van der Waals surface area contributed by atoms with Crippen LogP contribution in [0, 0.1) is 0 Å². The van der Waals surface area contributed by atoms with Gasteiger partial charge >= 0.3 is 0 Å². The molecule has 19 heavy (non-hydrogen) atoms. The highest BCUT2D eigenvalue weighted by Crippen LogP contribution is 2.34. The number of nitrogens with zero attached hydrogens (tertiary/aromatic N) is 1. The number of rotatable bonds is 5. The van der Waals surface area contributed by atoms with Gasteiger partial charge in [0, 0.05) is 32.3 Å². The molecule has 112 valence electrons. The predicted octanol–water partition coefficient (Wildman–Crippen LogP) is 1.77. The Bertz CT molecular complexity index is 273. The molecule has 0 aromatic carbocycles. The normalized spacial score (nSPS) is 37.4. The van der Waals surface area contributed by atoms with Gasteiger partial charge in [0.25, 0.3) is 0 Å². The molecule has 0 amide bonds. The molecule has 2 aliphatic heterocycles. The van der Waals surface area contributed by atoms with Crippen LogP contribution in [0.1, 0.15) is 45.4 Å². The molecule has 0 aromatic rings. The molecule has 0 aromatic heterocycles. The number of methoxy groups -OCH3 is 1. The number of hydrogen-bond acceptors (Lipinski definition) is 4. The zero-order valence-corrected chi connectivity index (χ0v) is 12.6. The summed E-state index contributed by atoms with van der Waals surface area (Å²) in [6, 6.07) is 0. The van der Waals surface area contributed by atoms with Crippen molar-refractivity contribution in [1.82, 2.24) is 4.90 Å². The Morgan fingerprint density at radius 3 is 3.00 bits per heavy atom. The standard InChI is InChI=1S/C15H30N2O2/c1-3-5-13-10-15(12-16,7-9-19-13)17-8-4-6-14(11-17)18-2/h13-14H,3-12,16H2,1-2H3. The van der Waals surface area contributed by atoms with Crippen LogP contribution in [0.2, 0.25) is 0 Å². The van der Waals surface area contributed by atoms with E-state index in [2.05, 4.69) is 11.8 Å². The van der Waals surface area contributed by atoms with Crippen LogP contribution in [0.3, 0.4) is 0 Å². The largest absolute Gasteiger partial charge is 0.380 e. The summed E-state index contributed by atoms with van der Waals surface area (Å²) in [6.07, 6.45) is 7.68. The van der Waals surface area contributed by atoms with E-state index in [0.29, 0.717) is 12.2 Å². The van der Waals surface area contributed by atoms with Crippen molar-refractivity contribution in [2.45, 2.75) is 63.2 Å². The maximum atomic E-state index is 6.18. The fourth-order valence-corrected chi connectivity index (χ4v) is 3.67. The van der Waals surface area contributed by atoms with Gasteiger partial charge in [-0.25, -0.2) is 0 Å². The molecule has 3 atom stereocenters. The molecule has 4 heteroatoms. The van der Waals surface area contributed by atoms with Gasteiger partial charge in [0.2, 0.25) is 0 Å². The number of nitrogens with two attached hydrogens (primary N) is 1. The lowest BCUT2D eigenvalue weighted by Gasteiger charge is -2.50. The summed E-state index contributed by atoms with van der Waals surface area (Å²) in [5, 5.41) is 0. The Morgan fingerprint density at radius 1 is 1.47 bits per heavy atom. The first kappa shape index (κ1) is 15.2. The summed E-state index contributed by atoms with van der Waals surface area (Å²) in [5.41, 5.74) is 6.32. The fourth-order valence-electron chi connectivity index (χ4n) is 3.67. The minimum absolute atomic E-state index is 0.148. The molecule has 2 fully saturated rings. The van der Waals surface area contributed by atoms with E-state index in [0.717, 1.165) is 45.5 Å². The Balaban J connectivity index is 2.03. The summed E-state index contributed by atoms with van der Waals surface area (Å²) in [5.74, 6) is 0. The highest BCUT2D eigenvalue weighted by Gasteiger charge is 2.42. The summed E-state index contributed by atoms with van der Waals surface area (Å²) in [7, 11) is 1.83. The van der Waals surface area contributed by atoms with Crippen molar-refractivity contribution in [2.75, 3.05) is 33.4 Å². The van der Waals surface area contributed by atoms with Gasteiger partial charge in [-0.15, -0.1) is 0 Å². The van der Waals surface area contributed by atoms with Gasteiger partial charge in [0.15, 0.2) is 0 Å². The van der Waals surface area contributed by atoms with Gasteiger partial charge < -0.3 is 15.2 Å². The third-order valence-electron chi connectivity index (χ3n) is 4.90. The van der Waals surface area contributed by atoms with Crippen LogP contribution in [0.25, 0.3) is 0 Å². The topological polar surface area (TPSA) is 47.7 Å². The second-order valence-electron chi connectivity index (χ2n) is 6.11. The minimum Gasteiger partial charge on any atom is -0.380 e. The maximum Gasteiger partial charge on any atom is 0.0698 e. The third-order valence-corrected chi connectivity index (χ3v) is 4.90. The zero-order valence-electron chi connectivity index (χ0n) is 12.6. The Hall–Kier alpha value is -0.160. The molecule has 2 heterocycles. The molecule has 2 rings (SSSR count). The van der Waals surface area contributed by atoms with Crippen LogP contribution < -0.4 is 5.73 Å². The van der Waals surface area contributed by atoms with Gasteiger partial charge in [-0.3, -0.25) is 4.90 Å². The Morgan fingerprint density at radius 2 is 2.32 bits per heavy atom. The number of hydrogen-bond donors (Lipinski definition) is 1. The zero-order chi connectivity index (χ0) is 13.7. The van der Waals surface area contributed by atoms with E-state index in [9.17, 15) is 0 Å². The lowest BCUT2D eigenvalue weighted by Crippen LogP contribution is -2.61. The molecular formula is C15H30N2O2. The summed E-state index contributed by atoms with van der Waals surface area (Å²) < 4.78 is 11.5. The van der Waals surface area contributed by atoms with Crippen molar-refractivity contribution in [2.24, 2.45) is 5.73 Å². The summed E-state index contributed by atoms with van der Waals surface area (Å²) in [4.78, 5) is 2.59. The van der Waals surface area contributed by atoms with Crippen LogP contribution in [0.4, 0.5) is 0 Å². The van der Waals surface area contributed by atoms with Crippen LogP contribution in [-0.2, 0) is 9.47 Å². The molecular weight excluding hydrogens is 240 g/mol. The predicted molar refractivity (Wildman–Crippen MR) is 77.3 cm³/mol. The molecule has 3 unspecified atom stereocenters. The van der Waals surface area contributed by atoms with Crippen molar-refractivity contribution >= 4 is 0 Å². The molecule has 0 aliphatic carbocycles. The van der Waals surface area contributed by atoms with Crippen LogP contribution >= 0.6 is 0 Å². The van der Waals surface area contributed by atoms with Crippen molar-refractivity contribution in [3.8, 4) is 0 Å². The quantitative estimate of drug-likeness (QED) is 0.827. The van der Waals surface area contributed by atoms with Crippen molar-refractivity contribution in [3.05, 3.63) is 0 Å². The Labute approximate surface area is 117 Å². The molecule has 0 saturated carbocycles. The summed E-state index contributed by atoms with van der Waals surface area (Å²) in [6.45, 7) is 6.02. The van der Waals surface area contributed by atoms with Crippen LogP contribution in [-0.4, -0.2) is 56.0 Å². The molecule has 2 N–H and O–H groups in total. The molecule has 0 bridgehead atoms. The highest BCUT2D eigenvalue weighted by molar-refractivity contribution is 4.98.